The van der Waals surface area contributed by atoms with Gasteiger partial charge in [-0.1, -0.05) is 6.07 Å². The molecule has 0 saturated heterocycles. The number of hydrogen-bond donors (Lipinski definition) is 1. The number of carbonyl (C=O) groups is 1. The lowest BCUT2D eigenvalue weighted by atomic mass is 10.2. The third-order valence-electron chi connectivity index (χ3n) is 3.13. The van der Waals surface area contributed by atoms with E-state index in [9.17, 15) is 13.6 Å². The Morgan fingerprint density at radius 1 is 1.30 bits per heavy atom. The summed E-state index contributed by atoms with van der Waals surface area (Å²) in [4.78, 5) is 16.6. The summed E-state index contributed by atoms with van der Waals surface area (Å²) in [6.07, 6.45) is -0.573. The predicted molar refractivity (Wildman–Crippen MR) is 82.3 cm³/mol. The monoisotopic (exact) mass is 342 g/mol. The molecule has 0 aliphatic rings. The average molecular weight is 342 g/mol. The molecule has 0 unspecified atom stereocenters. The Kier molecular flexibility index (Phi) is 5.75. The fourth-order valence-electron chi connectivity index (χ4n) is 1.94. The lowest BCUT2D eigenvalue weighted by Gasteiger charge is -2.13. The van der Waals surface area contributed by atoms with Crippen LogP contribution in [-0.2, 0) is 9.47 Å². The third kappa shape index (κ3) is 3.90. The molecular formula is C15H16F2N2O3S. The SMILES string of the molecule is COC(CNC(=O)c1sc(-c2c(F)cccc2F)nc1C)OC. The molecule has 23 heavy (non-hydrogen) atoms. The lowest BCUT2D eigenvalue weighted by molar-refractivity contribution is -0.0974. The normalized spacial score (nSPS) is 11.0. The Labute approximate surface area is 136 Å². The number of thiazole rings is 1. The number of amides is 1. The van der Waals surface area contributed by atoms with Crippen LogP contribution in [0, 0.1) is 18.6 Å². The van der Waals surface area contributed by atoms with E-state index >= 15 is 0 Å². The summed E-state index contributed by atoms with van der Waals surface area (Å²) in [5, 5.41) is 2.75. The summed E-state index contributed by atoms with van der Waals surface area (Å²) >= 11 is 0.931. The van der Waals surface area contributed by atoms with Gasteiger partial charge in [0.2, 0.25) is 0 Å². The molecule has 8 heteroatoms. The van der Waals surface area contributed by atoms with E-state index in [1.807, 2.05) is 0 Å². The number of rotatable bonds is 6. The molecule has 0 spiro atoms. The largest absolute Gasteiger partial charge is 0.354 e. The van der Waals surface area contributed by atoms with E-state index in [0.717, 1.165) is 23.5 Å². The molecule has 1 N–H and O–H groups in total. The van der Waals surface area contributed by atoms with Gasteiger partial charge in [-0.2, -0.15) is 0 Å². The summed E-state index contributed by atoms with van der Waals surface area (Å²) in [7, 11) is 2.91. The van der Waals surface area contributed by atoms with E-state index in [0.29, 0.717) is 5.69 Å². The van der Waals surface area contributed by atoms with Gasteiger partial charge in [0.05, 0.1) is 17.8 Å². The number of aromatic nitrogens is 1. The molecule has 0 bridgehead atoms. The average Bonchev–Trinajstić information content (AvgIpc) is 2.89. The highest BCUT2D eigenvalue weighted by molar-refractivity contribution is 7.17. The number of nitrogens with zero attached hydrogens (tertiary/aromatic N) is 1. The zero-order chi connectivity index (χ0) is 17.0. The molecule has 0 aliphatic carbocycles. The van der Waals surface area contributed by atoms with Gasteiger partial charge in [0.25, 0.3) is 5.91 Å². The summed E-state index contributed by atoms with van der Waals surface area (Å²) in [5.74, 6) is -1.84. The number of benzene rings is 1. The minimum absolute atomic E-state index is 0.123. The number of ether oxygens (including phenoxy) is 2. The molecular weight excluding hydrogens is 326 g/mol. The molecule has 1 heterocycles. The molecule has 1 amide bonds. The van der Waals surface area contributed by atoms with Gasteiger partial charge in [-0.3, -0.25) is 4.79 Å². The van der Waals surface area contributed by atoms with Crippen molar-refractivity contribution in [2.24, 2.45) is 0 Å². The topological polar surface area (TPSA) is 60.5 Å². The predicted octanol–water partition coefficient (Wildman–Crippen LogP) is 2.75. The molecule has 0 aliphatic heterocycles. The minimum Gasteiger partial charge on any atom is -0.354 e. The number of halogens is 2. The van der Waals surface area contributed by atoms with Crippen molar-refractivity contribution in [1.82, 2.24) is 10.3 Å². The number of hydrogen-bond acceptors (Lipinski definition) is 5. The van der Waals surface area contributed by atoms with Crippen LogP contribution in [0.2, 0.25) is 0 Å². The van der Waals surface area contributed by atoms with Crippen LogP contribution in [0.15, 0.2) is 18.2 Å². The summed E-state index contributed by atoms with van der Waals surface area (Å²) in [5.41, 5.74) is 0.169. The molecule has 5 nitrogen and oxygen atoms in total. The molecule has 2 rings (SSSR count). The molecule has 0 fully saturated rings. The number of aryl methyl sites for hydroxylation is 1. The van der Waals surface area contributed by atoms with Gasteiger partial charge in [-0.25, -0.2) is 13.8 Å². The van der Waals surface area contributed by atoms with Crippen LogP contribution in [0.3, 0.4) is 0 Å². The second-order valence-electron chi connectivity index (χ2n) is 4.64. The maximum Gasteiger partial charge on any atom is 0.263 e. The first kappa shape index (κ1) is 17.5. The second-order valence-corrected chi connectivity index (χ2v) is 5.64. The third-order valence-corrected chi connectivity index (χ3v) is 4.31. The highest BCUT2D eigenvalue weighted by atomic mass is 32.1. The van der Waals surface area contributed by atoms with Gasteiger partial charge >= 0.3 is 0 Å². The van der Waals surface area contributed by atoms with Gasteiger partial charge in [0.1, 0.15) is 21.5 Å². The van der Waals surface area contributed by atoms with Gasteiger partial charge in [0, 0.05) is 14.2 Å². The maximum absolute atomic E-state index is 13.8. The molecule has 2 aromatic rings. The molecule has 124 valence electrons. The van der Waals surface area contributed by atoms with Gasteiger partial charge in [-0.05, 0) is 19.1 Å². The summed E-state index contributed by atoms with van der Waals surface area (Å²) in [6.45, 7) is 1.75. The van der Waals surface area contributed by atoms with E-state index < -0.39 is 23.8 Å². The molecule has 0 atom stereocenters. The van der Waals surface area contributed by atoms with Crippen molar-refractivity contribution in [1.29, 1.82) is 0 Å². The number of nitrogens with one attached hydrogen (secondary N) is 1. The van der Waals surface area contributed by atoms with Crippen LogP contribution in [0.5, 0.6) is 0 Å². The Balaban J connectivity index is 2.23. The van der Waals surface area contributed by atoms with Crippen molar-refractivity contribution in [3.05, 3.63) is 40.4 Å². The van der Waals surface area contributed by atoms with E-state index in [-0.39, 0.29) is 22.0 Å². The van der Waals surface area contributed by atoms with Crippen LogP contribution >= 0.6 is 11.3 Å². The lowest BCUT2D eigenvalue weighted by Crippen LogP contribution is -2.34. The first-order valence-corrected chi connectivity index (χ1v) is 7.55. The van der Waals surface area contributed by atoms with Crippen molar-refractivity contribution in [2.45, 2.75) is 13.2 Å². The van der Waals surface area contributed by atoms with Crippen molar-refractivity contribution in [3.63, 3.8) is 0 Å². The summed E-state index contributed by atoms with van der Waals surface area (Å²) in [6, 6.07) is 3.57. The fourth-order valence-corrected chi connectivity index (χ4v) is 2.97. The summed E-state index contributed by atoms with van der Waals surface area (Å²) < 4.78 is 37.6. The molecule has 0 saturated carbocycles. The Morgan fingerprint density at radius 3 is 2.48 bits per heavy atom. The Bertz CT molecular complexity index is 682. The van der Waals surface area contributed by atoms with Crippen LogP contribution < -0.4 is 5.32 Å². The fraction of sp³-hybridized carbons (Fsp3) is 0.333. The van der Waals surface area contributed by atoms with E-state index in [1.54, 1.807) is 6.92 Å². The first-order valence-electron chi connectivity index (χ1n) is 6.73. The van der Waals surface area contributed by atoms with Crippen LogP contribution in [0.25, 0.3) is 10.6 Å². The molecule has 1 aromatic heterocycles. The van der Waals surface area contributed by atoms with E-state index in [2.05, 4.69) is 10.3 Å². The first-order chi connectivity index (χ1) is 11.0. The minimum atomic E-state index is -0.718. The molecule has 1 aromatic carbocycles. The van der Waals surface area contributed by atoms with Crippen molar-refractivity contribution >= 4 is 17.2 Å². The number of methoxy groups -OCH3 is 2. The molecule has 0 radical (unpaired) electrons. The Hall–Kier alpha value is -1.90. The smallest absolute Gasteiger partial charge is 0.263 e. The van der Waals surface area contributed by atoms with E-state index in [4.69, 9.17) is 9.47 Å². The van der Waals surface area contributed by atoms with E-state index in [1.165, 1.54) is 20.3 Å². The van der Waals surface area contributed by atoms with Gasteiger partial charge in [0.15, 0.2) is 6.29 Å². The number of carbonyl (C=O) groups excluding carboxylic acids is 1. The highest BCUT2D eigenvalue weighted by Crippen LogP contribution is 2.31. The van der Waals surface area contributed by atoms with Crippen molar-refractivity contribution in [2.75, 3.05) is 20.8 Å². The van der Waals surface area contributed by atoms with Crippen LogP contribution in [0.4, 0.5) is 8.78 Å². The zero-order valence-electron chi connectivity index (χ0n) is 12.9. The van der Waals surface area contributed by atoms with Crippen molar-refractivity contribution in [3.8, 4) is 10.6 Å². The zero-order valence-corrected chi connectivity index (χ0v) is 13.7. The standard InChI is InChI=1S/C15H16F2N2O3S/c1-8-13(14(20)18-7-11(21-2)22-3)23-15(19-8)12-9(16)5-4-6-10(12)17/h4-6,11H,7H2,1-3H3,(H,18,20). The quantitative estimate of drug-likeness (QED) is 0.820. The highest BCUT2D eigenvalue weighted by Gasteiger charge is 2.21. The Morgan fingerprint density at radius 2 is 1.91 bits per heavy atom. The van der Waals surface area contributed by atoms with Gasteiger partial charge < -0.3 is 14.8 Å². The second kappa shape index (κ2) is 7.58. The van der Waals surface area contributed by atoms with Gasteiger partial charge in [-0.15, -0.1) is 11.3 Å². The van der Waals surface area contributed by atoms with Crippen LogP contribution in [0.1, 0.15) is 15.4 Å². The maximum atomic E-state index is 13.8. The van der Waals surface area contributed by atoms with Crippen molar-refractivity contribution < 1.29 is 23.0 Å². The van der Waals surface area contributed by atoms with Crippen LogP contribution in [-0.4, -0.2) is 37.9 Å².